The maximum atomic E-state index is 10.7. The third-order valence-electron chi connectivity index (χ3n) is 5.27. The number of carboxylic acid groups (broad SMARTS) is 2. The van der Waals surface area contributed by atoms with Crippen LogP contribution in [0.5, 0.6) is 0 Å². The van der Waals surface area contributed by atoms with Crippen molar-refractivity contribution < 1.29 is 19.8 Å². The summed E-state index contributed by atoms with van der Waals surface area (Å²) in [6.45, 7) is 3.93. The van der Waals surface area contributed by atoms with Crippen molar-refractivity contribution in [1.29, 1.82) is 0 Å². The van der Waals surface area contributed by atoms with Crippen LogP contribution in [0.25, 0.3) is 0 Å². The highest BCUT2D eigenvalue weighted by atomic mass is 16.4. The van der Waals surface area contributed by atoms with Crippen LogP contribution in [0.4, 0.5) is 0 Å². The van der Waals surface area contributed by atoms with Gasteiger partial charge in [-0.25, -0.2) is 0 Å². The molecule has 0 saturated heterocycles. The second-order valence-electron chi connectivity index (χ2n) is 8.07. The first-order valence-corrected chi connectivity index (χ1v) is 11.9. The lowest BCUT2D eigenvalue weighted by Crippen LogP contribution is -2.30. The minimum absolute atomic E-state index is 0.0754. The van der Waals surface area contributed by atoms with Gasteiger partial charge in [-0.3, -0.25) is 9.59 Å². The first-order chi connectivity index (χ1) is 14.1. The molecule has 0 saturated carbocycles. The molecule has 0 unspecified atom stereocenters. The fraction of sp³-hybridized carbons (Fsp3) is 0.833. The molecule has 0 aromatic carbocycles. The van der Waals surface area contributed by atoms with E-state index in [1.54, 1.807) is 0 Å². The van der Waals surface area contributed by atoms with Crippen molar-refractivity contribution in [3.05, 3.63) is 12.2 Å². The zero-order valence-electron chi connectivity index (χ0n) is 18.7. The van der Waals surface area contributed by atoms with Crippen LogP contribution < -0.4 is 0 Å². The number of carboxylic acids is 2. The molecule has 0 fully saturated rings. The number of carbonyl (C=O) groups is 2. The predicted molar refractivity (Wildman–Crippen MR) is 120 cm³/mol. The molecule has 0 amide bonds. The topological polar surface area (TPSA) is 77.8 Å². The molecule has 0 spiro atoms. The van der Waals surface area contributed by atoms with Crippen molar-refractivity contribution in [2.75, 3.05) is 19.6 Å². The standard InChI is InChI=1S/C24H45NO4/c1-2-3-4-5-6-7-8-9-10-11-12-13-14-15-16-17-20-25(21-18-23(26)27)22-19-24(28)29/h9-10H,2-8,11-22H2,1H3,(H,26,27)(H,28,29). The van der Waals surface area contributed by atoms with E-state index >= 15 is 0 Å². The molecular weight excluding hydrogens is 366 g/mol. The van der Waals surface area contributed by atoms with E-state index in [2.05, 4.69) is 19.1 Å². The fourth-order valence-electron chi connectivity index (χ4n) is 3.43. The molecule has 0 bridgehead atoms. The summed E-state index contributed by atoms with van der Waals surface area (Å²) in [5.74, 6) is -1.65. The average molecular weight is 412 g/mol. The highest BCUT2D eigenvalue weighted by Crippen LogP contribution is 2.10. The number of unbranched alkanes of at least 4 members (excludes halogenated alkanes) is 12. The molecule has 29 heavy (non-hydrogen) atoms. The number of hydrogen-bond acceptors (Lipinski definition) is 3. The quantitative estimate of drug-likeness (QED) is 0.162. The average Bonchev–Trinajstić information content (AvgIpc) is 2.68. The second-order valence-corrected chi connectivity index (χ2v) is 8.07. The summed E-state index contributed by atoms with van der Waals surface area (Å²) in [5, 5.41) is 17.6. The molecule has 0 aliphatic heterocycles. The molecule has 0 atom stereocenters. The third kappa shape index (κ3) is 22.8. The smallest absolute Gasteiger partial charge is 0.304 e. The predicted octanol–water partition coefficient (Wildman–Crippen LogP) is 6.28. The van der Waals surface area contributed by atoms with Crippen molar-refractivity contribution in [2.45, 2.75) is 110 Å². The summed E-state index contributed by atoms with van der Waals surface area (Å²) in [5.41, 5.74) is 0. The monoisotopic (exact) mass is 411 g/mol. The van der Waals surface area contributed by atoms with Gasteiger partial charge in [-0.05, 0) is 38.6 Å². The lowest BCUT2D eigenvalue weighted by atomic mass is 10.1. The van der Waals surface area contributed by atoms with E-state index in [4.69, 9.17) is 10.2 Å². The van der Waals surface area contributed by atoms with Crippen LogP contribution in [0.2, 0.25) is 0 Å². The second kappa shape index (κ2) is 21.4. The molecule has 2 N–H and O–H groups in total. The highest BCUT2D eigenvalue weighted by Gasteiger charge is 2.09. The molecule has 0 heterocycles. The first kappa shape index (κ1) is 27.6. The van der Waals surface area contributed by atoms with Crippen molar-refractivity contribution in [3.8, 4) is 0 Å². The lowest BCUT2D eigenvalue weighted by molar-refractivity contribution is -0.137. The third-order valence-corrected chi connectivity index (χ3v) is 5.27. The van der Waals surface area contributed by atoms with Crippen molar-refractivity contribution in [2.24, 2.45) is 0 Å². The van der Waals surface area contributed by atoms with E-state index in [0.29, 0.717) is 13.1 Å². The van der Waals surface area contributed by atoms with Crippen molar-refractivity contribution in [3.63, 3.8) is 0 Å². The summed E-state index contributed by atoms with van der Waals surface area (Å²) < 4.78 is 0. The molecule has 0 rings (SSSR count). The molecule has 0 aromatic rings. The Balaban J connectivity index is 3.51. The molecule has 0 aromatic heterocycles. The van der Waals surface area contributed by atoms with E-state index in [9.17, 15) is 9.59 Å². The zero-order chi connectivity index (χ0) is 21.6. The summed E-state index contributed by atoms with van der Waals surface area (Å²) in [7, 11) is 0. The molecule has 0 aliphatic carbocycles. The molecule has 5 nitrogen and oxygen atoms in total. The van der Waals surface area contributed by atoms with Gasteiger partial charge in [0.25, 0.3) is 0 Å². The van der Waals surface area contributed by atoms with Gasteiger partial charge in [0.2, 0.25) is 0 Å². The Hall–Kier alpha value is -1.36. The lowest BCUT2D eigenvalue weighted by Gasteiger charge is -2.20. The van der Waals surface area contributed by atoms with Gasteiger partial charge in [-0.2, -0.15) is 0 Å². The number of aliphatic carboxylic acids is 2. The van der Waals surface area contributed by atoms with Crippen LogP contribution in [-0.2, 0) is 9.59 Å². The van der Waals surface area contributed by atoms with Crippen LogP contribution in [0, 0.1) is 0 Å². The van der Waals surface area contributed by atoms with Gasteiger partial charge in [0.15, 0.2) is 0 Å². The molecule has 0 radical (unpaired) electrons. The fourth-order valence-corrected chi connectivity index (χ4v) is 3.43. The normalized spacial score (nSPS) is 11.5. The Kier molecular flexibility index (Phi) is 20.3. The van der Waals surface area contributed by atoms with Gasteiger partial charge in [0.05, 0.1) is 12.8 Å². The van der Waals surface area contributed by atoms with E-state index in [-0.39, 0.29) is 12.8 Å². The molecule has 5 heteroatoms. The summed E-state index contributed by atoms with van der Waals surface area (Å²) in [6, 6.07) is 0. The molecule has 170 valence electrons. The maximum Gasteiger partial charge on any atom is 0.304 e. The van der Waals surface area contributed by atoms with Gasteiger partial charge < -0.3 is 15.1 Å². The van der Waals surface area contributed by atoms with Crippen molar-refractivity contribution in [1.82, 2.24) is 4.90 Å². The van der Waals surface area contributed by atoms with E-state index in [1.165, 1.54) is 77.0 Å². The number of allylic oxidation sites excluding steroid dienone is 2. The maximum absolute atomic E-state index is 10.7. The van der Waals surface area contributed by atoms with E-state index in [1.807, 2.05) is 4.90 Å². The Labute approximate surface area is 178 Å². The molecular formula is C24H45NO4. The van der Waals surface area contributed by atoms with Crippen LogP contribution >= 0.6 is 0 Å². The van der Waals surface area contributed by atoms with Gasteiger partial charge in [0.1, 0.15) is 0 Å². The van der Waals surface area contributed by atoms with Gasteiger partial charge in [0, 0.05) is 13.1 Å². The summed E-state index contributed by atoms with van der Waals surface area (Å²) in [6.07, 6.45) is 22.5. The van der Waals surface area contributed by atoms with E-state index in [0.717, 1.165) is 19.4 Å². The van der Waals surface area contributed by atoms with Crippen molar-refractivity contribution >= 4 is 11.9 Å². The number of rotatable bonds is 22. The Morgan fingerprint density at radius 2 is 1.03 bits per heavy atom. The summed E-state index contributed by atoms with van der Waals surface area (Å²) >= 11 is 0. The Morgan fingerprint density at radius 3 is 1.48 bits per heavy atom. The zero-order valence-corrected chi connectivity index (χ0v) is 18.7. The SMILES string of the molecule is CCCCCCCCC=CCCCCCCCCN(CCC(=O)O)CCC(=O)O. The summed E-state index contributed by atoms with van der Waals surface area (Å²) in [4.78, 5) is 23.4. The molecule has 0 aliphatic rings. The van der Waals surface area contributed by atoms with Gasteiger partial charge in [-0.15, -0.1) is 0 Å². The highest BCUT2D eigenvalue weighted by molar-refractivity contribution is 5.67. The Bertz CT molecular complexity index is 405. The van der Waals surface area contributed by atoms with Crippen LogP contribution in [0.1, 0.15) is 110 Å². The van der Waals surface area contributed by atoms with Crippen LogP contribution in [-0.4, -0.2) is 46.7 Å². The minimum Gasteiger partial charge on any atom is -0.481 e. The van der Waals surface area contributed by atoms with Crippen LogP contribution in [0.15, 0.2) is 12.2 Å². The number of hydrogen-bond donors (Lipinski definition) is 2. The van der Waals surface area contributed by atoms with Crippen LogP contribution in [0.3, 0.4) is 0 Å². The van der Waals surface area contributed by atoms with Gasteiger partial charge >= 0.3 is 11.9 Å². The number of nitrogens with zero attached hydrogens (tertiary/aromatic N) is 1. The van der Waals surface area contributed by atoms with Gasteiger partial charge in [-0.1, -0.05) is 76.9 Å². The largest absolute Gasteiger partial charge is 0.481 e. The van der Waals surface area contributed by atoms with E-state index < -0.39 is 11.9 Å². The Morgan fingerprint density at radius 1 is 0.621 bits per heavy atom. The minimum atomic E-state index is -0.827. The first-order valence-electron chi connectivity index (χ1n) is 11.9.